The van der Waals surface area contributed by atoms with Crippen LogP contribution in [0.5, 0.6) is 0 Å². The van der Waals surface area contributed by atoms with Gasteiger partial charge in [-0.2, -0.15) is 0 Å². The standard InChI is InChI=1S/C19H26N4O3S/c1-5-26-19(25)14-6-8-23(9-7-14)15(24)10-20-17-16-11(2)12(3)27-18(16)22-13(4)21-17/h14H,5-10H2,1-4H3,(H,20,21,22). The number of carbonyl (C=O) groups excluding carboxylic acids is 2. The predicted molar refractivity (Wildman–Crippen MR) is 106 cm³/mol. The van der Waals surface area contributed by atoms with E-state index in [1.165, 1.54) is 4.88 Å². The molecule has 2 aromatic rings. The molecule has 0 saturated carbocycles. The van der Waals surface area contributed by atoms with Crippen LogP contribution in [0, 0.1) is 26.7 Å². The van der Waals surface area contributed by atoms with Gasteiger partial charge in [0, 0.05) is 18.0 Å². The minimum absolute atomic E-state index is 0.0197. The maximum absolute atomic E-state index is 12.6. The summed E-state index contributed by atoms with van der Waals surface area (Å²) in [6.07, 6.45) is 1.31. The molecule has 8 heteroatoms. The highest BCUT2D eigenvalue weighted by Gasteiger charge is 2.28. The highest BCUT2D eigenvalue weighted by atomic mass is 32.1. The van der Waals surface area contributed by atoms with Gasteiger partial charge in [0.2, 0.25) is 5.91 Å². The van der Waals surface area contributed by atoms with Crippen LogP contribution in [0.1, 0.15) is 36.0 Å². The third kappa shape index (κ3) is 4.21. The zero-order valence-electron chi connectivity index (χ0n) is 16.3. The first-order valence-corrected chi connectivity index (χ1v) is 10.1. The molecule has 0 atom stereocenters. The SMILES string of the molecule is CCOC(=O)C1CCN(C(=O)CNc2nc(C)nc3sc(C)c(C)c23)CC1. The summed E-state index contributed by atoms with van der Waals surface area (Å²) in [7, 11) is 0. The molecule has 0 unspecified atom stereocenters. The number of amides is 1. The Morgan fingerprint density at radius 1 is 1.22 bits per heavy atom. The van der Waals surface area contributed by atoms with Crippen molar-refractivity contribution in [3.63, 3.8) is 0 Å². The fourth-order valence-electron chi connectivity index (χ4n) is 3.38. The van der Waals surface area contributed by atoms with Crippen LogP contribution < -0.4 is 5.32 Å². The van der Waals surface area contributed by atoms with Crippen molar-refractivity contribution in [3.8, 4) is 0 Å². The van der Waals surface area contributed by atoms with Crippen molar-refractivity contribution >= 4 is 39.2 Å². The normalized spacial score (nSPS) is 15.2. The highest BCUT2D eigenvalue weighted by molar-refractivity contribution is 7.18. The van der Waals surface area contributed by atoms with Crippen molar-refractivity contribution in [2.75, 3.05) is 31.6 Å². The summed E-state index contributed by atoms with van der Waals surface area (Å²) in [6.45, 7) is 9.54. The lowest BCUT2D eigenvalue weighted by Crippen LogP contribution is -2.43. The minimum atomic E-state index is -0.148. The van der Waals surface area contributed by atoms with Crippen LogP contribution in [0.4, 0.5) is 5.82 Å². The van der Waals surface area contributed by atoms with Crippen molar-refractivity contribution in [3.05, 3.63) is 16.3 Å². The summed E-state index contributed by atoms with van der Waals surface area (Å²) >= 11 is 1.65. The fourth-order valence-corrected chi connectivity index (χ4v) is 4.45. The summed E-state index contributed by atoms with van der Waals surface area (Å²) in [5, 5.41) is 4.20. The zero-order valence-corrected chi connectivity index (χ0v) is 17.1. The smallest absolute Gasteiger partial charge is 0.309 e. The number of fused-ring (bicyclic) bond motifs is 1. The zero-order chi connectivity index (χ0) is 19.6. The van der Waals surface area contributed by atoms with Crippen LogP contribution in [0.2, 0.25) is 0 Å². The summed E-state index contributed by atoms with van der Waals surface area (Å²) in [5.41, 5.74) is 1.15. The Bertz CT molecular complexity index is 856. The van der Waals surface area contributed by atoms with Crippen LogP contribution >= 0.6 is 11.3 Å². The van der Waals surface area contributed by atoms with E-state index in [9.17, 15) is 9.59 Å². The summed E-state index contributed by atoms with van der Waals surface area (Å²) < 4.78 is 5.08. The van der Waals surface area contributed by atoms with Gasteiger partial charge in [-0.15, -0.1) is 11.3 Å². The number of likely N-dealkylation sites (tertiary alicyclic amines) is 1. The molecule has 2 aromatic heterocycles. The van der Waals surface area contributed by atoms with E-state index in [-0.39, 0.29) is 24.3 Å². The molecule has 1 aliphatic rings. The first kappa shape index (κ1) is 19.5. The van der Waals surface area contributed by atoms with Gasteiger partial charge in [-0.1, -0.05) is 0 Å². The van der Waals surface area contributed by atoms with Crippen LogP contribution in [-0.4, -0.2) is 53.0 Å². The summed E-state index contributed by atoms with van der Waals surface area (Å²) in [5.74, 6) is 1.18. The number of nitrogens with one attached hydrogen (secondary N) is 1. The molecule has 1 amide bonds. The molecule has 1 saturated heterocycles. The second-order valence-corrected chi connectivity index (χ2v) is 8.05. The van der Waals surface area contributed by atoms with Gasteiger partial charge in [0.25, 0.3) is 0 Å². The number of aromatic nitrogens is 2. The number of carbonyl (C=O) groups is 2. The number of rotatable bonds is 5. The monoisotopic (exact) mass is 390 g/mol. The number of esters is 1. The van der Waals surface area contributed by atoms with Gasteiger partial charge in [0.1, 0.15) is 16.5 Å². The molecule has 0 aromatic carbocycles. The van der Waals surface area contributed by atoms with Crippen LogP contribution in [0.25, 0.3) is 10.2 Å². The van der Waals surface area contributed by atoms with Gasteiger partial charge in [-0.05, 0) is 46.1 Å². The number of piperidine rings is 1. The van der Waals surface area contributed by atoms with Crippen molar-refractivity contribution < 1.29 is 14.3 Å². The van der Waals surface area contributed by atoms with E-state index in [2.05, 4.69) is 29.1 Å². The van der Waals surface area contributed by atoms with Gasteiger partial charge in [-0.3, -0.25) is 9.59 Å². The van der Waals surface area contributed by atoms with Gasteiger partial charge in [-0.25, -0.2) is 9.97 Å². The predicted octanol–water partition coefficient (Wildman–Crippen LogP) is 2.83. The van der Waals surface area contributed by atoms with Crippen LogP contribution in [0.3, 0.4) is 0 Å². The number of ether oxygens (including phenoxy) is 1. The van der Waals surface area contributed by atoms with Gasteiger partial charge in [0.15, 0.2) is 0 Å². The molecule has 1 aliphatic heterocycles. The first-order valence-electron chi connectivity index (χ1n) is 9.33. The average molecular weight is 391 g/mol. The molecular weight excluding hydrogens is 364 g/mol. The molecule has 3 rings (SSSR count). The van der Waals surface area contributed by atoms with Crippen molar-refractivity contribution in [1.29, 1.82) is 0 Å². The van der Waals surface area contributed by atoms with Crippen molar-refractivity contribution in [2.45, 2.75) is 40.5 Å². The van der Waals surface area contributed by atoms with Crippen molar-refractivity contribution in [1.82, 2.24) is 14.9 Å². The van der Waals surface area contributed by atoms with Crippen LogP contribution in [0.15, 0.2) is 0 Å². The maximum atomic E-state index is 12.6. The van der Waals surface area contributed by atoms with E-state index in [0.717, 1.165) is 15.8 Å². The third-order valence-electron chi connectivity index (χ3n) is 5.02. The molecule has 7 nitrogen and oxygen atoms in total. The lowest BCUT2D eigenvalue weighted by atomic mass is 9.97. The lowest BCUT2D eigenvalue weighted by molar-refractivity contribution is -0.151. The molecule has 0 spiro atoms. The Kier molecular flexibility index (Phi) is 5.94. The molecule has 0 radical (unpaired) electrons. The Hall–Kier alpha value is -2.22. The summed E-state index contributed by atoms with van der Waals surface area (Å²) in [6, 6.07) is 0. The largest absolute Gasteiger partial charge is 0.466 e. The van der Waals surface area contributed by atoms with Crippen LogP contribution in [-0.2, 0) is 14.3 Å². The second kappa shape index (κ2) is 8.21. The Balaban J connectivity index is 1.62. The van der Waals surface area contributed by atoms with E-state index in [4.69, 9.17) is 4.74 Å². The summed E-state index contributed by atoms with van der Waals surface area (Å²) in [4.78, 5) is 37.4. The molecule has 0 aliphatic carbocycles. The van der Waals surface area contributed by atoms with Gasteiger partial charge in [0.05, 0.1) is 24.5 Å². The van der Waals surface area contributed by atoms with E-state index in [0.29, 0.717) is 44.2 Å². The van der Waals surface area contributed by atoms with E-state index in [1.807, 2.05) is 13.8 Å². The van der Waals surface area contributed by atoms with Gasteiger partial charge < -0.3 is 15.0 Å². The van der Waals surface area contributed by atoms with Crippen molar-refractivity contribution in [2.24, 2.45) is 5.92 Å². The number of nitrogens with zero attached hydrogens (tertiary/aromatic N) is 3. The molecule has 1 N–H and O–H groups in total. The number of anilines is 1. The Morgan fingerprint density at radius 3 is 2.59 bits per heavy atom. The van der Waals surface area contributed by atoms with E-state index in [1.54, 1.807) is 16.2 Å². The second-order valence-electron chi connectivity index (χ2n) is 6.84. The molecular formula is C19H26N4O3S. The quantitative estimate of drug-likeness (QED) is 0.791. The topological polar surface area (TPSA) is 84.4 Å². The first-order chi connectivity index (χ1) is 12.9. The molecule has 0 bridgehead atoms. The maximum Gasteiger partial charge on any atom is 0.309 e. The number of hydrogen-bond donors (Lipinski definition) is 1. The number of hydrogen-bond acceptors (Lipinski definition) is 7. The lowest BCUT2D eigenvalue weighted by Gasteiger charge is -2.31. The Labute approximate surface area is 163 Å². The molecule has 146 valence electrons. The molecule has 27 heavy (non-hydrogen) atoms. The average Bonchev–Trinajstić information content (AvgIpc) is 2.93. The molecule has 1 fully saturated rings. The Morgan fingerprint density at radius 2 is 1.93 bits per heavy atom. The number of aryl methyl sites for hydroxylation is 3. The number of thiophene rings is 1. The minimum Gasteiger partial charge on any atom is -0.466 e. The third-order valence-corrected chi connectivity index (χ3v) is 6.12. The highest BCUT2D eigenvalue weighted by Crippen LogP contribution is 2.33. The van der Waals surface area contributed by atoms with E-state index < -0.39 is 0 Å². The van der Waals surface area contributed by atoms with Gasteiger partial charge >= 0.3 is 5.97 Å². The fraction of sp³-hybridized carbons (Fsp3) is 0.579. The molecule has 3 heterocycles. The van der Waals surface area contributed by atoms with E-state index >= 15 is 0 Å².